The standard InChI is InChI=1S/C14H19BrClFN2/c15-5-8-18-6-2-7-19(10-9-18)11-12-3-1-4-13(17)14(12)16/h1,3-4H,2,5-11H2. The summed E-state index contributed by atoms with van der Waals surface area (Å²) >= 11 is 9.50. The summed E-state index contributed by atoms with van der Waals surface area (Å²) in [5.74, 6) is -0.324. The average molecular weight is 350 g/mol. The van der Waals surface area contributed by atoms with E-state index in [0.29, 0.717) is 0 Å². The second-order valence-corrected chi connectivity index (χ2v) is 6.04. The zero-order valence-electron chi connectivity index (χ0n) is 10.9. The van der Waals surface area contributed by atoms with Gasteiger partial charge in [0.05, 0.1) is 5.02 Å². The molecule has 0 N–H and O–H groups in total. The summed E-state index contributed by atoms with van der Waals surface area (Å²) in [7, 11) is 0. The van der Waals surface area contributed by atoms with Crippen molar-refractivity contribution in [1.29, 1.82) is 0 Å². The Labute approximate surface area is 127 Å². The molecule has 1 heterocycles. The Kier molecular flexibility index (Phi) is 6.07. The molecule has 0 spiro atoms. The molecular formula is C14H19BrClFN2. The van der Waals surface area contributed by atoms with Crippen molar-refractivity contribution in [3.8, 4) is 0 Å². The van der Waals surface area contributed by atoms with Gasteiger partial charge in [-0.25, -0.2) is 4.39 Å². The summed E-state index contributed by atoms with van der Waals surface area (Å²) < 4.78 is 13.4. The first-order chi connectivity index (χ1) is 9.20. The summed E-state index contributed by atoms with van der Waals surface area (Å²) in [5, 5.41) is 1.28. The molecule has 0 aromatic heterocycles. The maximum absolute atomic E-state index is 13.4. The van der Waals surface area contributed by atoms with Crippen LogP contribution in [0.5, 0.6) is 0 Å². The van der Waals surface area contributed by atoms with Crippen LogP contribution in [0, 0.1) is 5.82 Å². The van der Waals surface area contributed by atoms with Gasteiger partial charge >= 0.3 is 0 Å². The molecule has 0 atom stereocenters. The molecule has 1 saturated heterocycles. The SMILES string of the molecule is Fc1cccc(CN2CCCN(CCBr)CC2)c1Cl. The fourth-order valence-corrected chi connectivity index (χ4v) is 3.12. The third-order valence-corrected chi connectivity index (χ3v) is 4.29. The molecule has 0 bridgehead atoms. The molecule has 1 aliphatic rings. The Morgan fingerprint density at radius 1 is 1.16 bits per heavy atom. The number of alkyl halides is 1. The highest BCUT2D eigenvalue weighted by Crippen LogP contribution is 2.21. The topological polar surface area (TPSA) is 6.48 Å². The Morgan fingerprint density at radius 3 is 2.68 bits per heavy atom. The molecule has 19 heavy (non-hydrogen) atoms. The van der Waals surface area contributed by atoms with E-state index < -0.39 is 0 Å². The van der Waals surface area contributed by atoms with Crippen molar-refractivity contribution in [2.24, 2.45) is 0 Å². The zero-order valence-corrected chi connectivity index (χ0v) is 13.3. The number of halogens is 3. The molecule has 1 aromatic carbocycles. The van der Waals surface area contributed by atoms with Crippen LogP contribution in [0.3, 0.4) is 0 Å². The minimum Gasteiger partial charge on any atom is -0.301 e. The molecule has 1 aliphatic heterocycles. The fourth-order valence-electron chi connectivity index (χ4n) is 2.44. The van der Waals surface area contributed by atoms with Crippen molar-refractivity contribution in [2.75, 3.05) is 38.1 Å². The lowest BCUT2D eigenvalue weighted by Gasteiger charge is -2.21. The Bertz CT molecular complexity index is 416. The largest absolute Gasteiger partial charge is 0.301 e. The van der Waals surface area contributed by atoms with Gasteiger partial charge in [-0.3, -0.25) is 4.90 Å². The molecule has 2 nitrogen and oxygen atoms in total. The van der Waals surface area contributed by atoms with Crippen molar-refractivity contribution in [3.63, 3.8) is 0 Å². The third-order valence-electron chi connectivity index (χ3n) is 3.51. The summed E-state index contributed by atoms with van der Waals surface area (Å²) in [6, 6.07) is 5.05. The first-order valence-electron chi connectivity index (χ1n) is 6.64. The quantitative estimate of drug-likeness (QED) is 0.769. The second kappa shape index (κ2) is 7.58. The summed E-state index contributed by atoms with van der Waals surface area (Å²) in [6.07, 6.45) is 1.15. The van der Waals surface area contributed by atoms with E-state index in [1.807, 2.05) is 6.07 Å². The molecule has 0 saturated carbocycles. The lowest BCUT2D eigenvalue weighted by Crippen LogP contribution is -2.31. The molecule has 0 unspecified atom stereocenters. The van der Waals surface area contributed by atoms with Gasteiger partial charge in [0.2, 0.25) is 0 Å². The van der Waals surface area contributed by atoms with Gasteiger partial charge in [0.15, 0.2) is 0 Å². The van der Waals surface area contributed by atoms with Crippen LogP contribution in [0.2, 0.25) is 5.02 Å². The highest BCUT2D eigenvalue weighted by atomic mass is 79.9. The van der Waals surface area contributed by atoms with Gasteiger partial charge in [0, 0.05) is 31.5 Å². The molecule has 1 fully saturated rings. The van der Waals surface area contributed by atoms with Gasteiger partial charge < -0.3 is 4.90 Å². The Hall–Kier alpha value is -0.160. The van der Waals surface area contributed by atoms with Crippen LogP contribution in [0.1, 0.15) is 12.0 Å². The van der Waals surface area contributed by atoms with E-state index in [1.54, 1.807) is 6.07 Å². The minimum absolute atomic E-state index is 0.268. The van der Waals surface area contributed by atoms with Crippen LogP contribution < -0.4 is 0 Å². The van der Waals surface area contributed by atoms with Gasteiger partial charge in [-0.2, -0.15) is 0 Å². The lowest BCUT2D eigenvalue weighted by molar-refractivity contribution is 0.258. The van der Waals surface area contributed by atoms with Crippen molar-refractivity contribution in [3.05, 3.63) is 34.6 Å². The van der Waals surface area contributed by atoms with E-state index in [9.17, 15) is 4.39 Å². The first kappa shape index (κ1) is 15.2. The second-order valence-electron chi connectivity index (χ2n) is 4.87. The van der Waals surface area contributed by atoms with Gasteiger partial charge in [0.1, 0.15) is 5.82 Å². The minimum atomic E-state index is -0.324. The van der Waals surface area contributed by atoms with Gasteiger partial charge in [-0.15, -0.1) is 0 Å². The highest BCUT2D eigenvalue weighted by Gasteiger charge is 2.16. The third kappa shape index (κ3) is 4.42. The van der Waals surface area contributed by atoms with Crippen LogP contribution in [0.25, 0.3) is 0 Å². The predicted octanol–water partition coefficient (Wildman–Crippen LogP) is 3.38. The maximum Gasteiger partial charge on any atom is 0.142 e. The number of rotatable bonds is 4. The smallest absolute Gasteiger partial charge is 0.142 e. The van der Waals surface area contributed by atoms with Crippen molar-refractivity contribution < 1.29 is 4.39 Å². The molecule has 0 aliphatic carbocycles. The van der Waals surface area contributed by atoms with Gasteiger partial charge in [-0.1, -0.05) is 39.7 Å². The van der Waals surface area contributed by atoms with E-state index in [4.69, 9.17) is 11.6 Å². The number of hydrogen-bond acceptors (Lipinski definition) is 2. The molecule has 2 rings (SSSR count). The van der Waals surface area contributed by atoms with E-state index in [0.717, 1.165) is 56.6 Å². The van der Waals surface area contributed by atoms with Crippen molar-refractivity contribution in [2.45, 2.75) is 13.0 Å². The lowest BCUT2D eigenvalue weighted by atomic mass is 10.2. The maximum atomic E-state index is 13.4. The Balaban J connectivity index is 1.94. The Morgan fingerprint density at radius 2 is 1.89 bits per heavy atom. The fraction of sp³-hybridized carbons (Fsp3) is 0.571. The van der Waals surface area contributed by atoms with Crippen molar-refractivity contribution >= 4 is 27.5 Å². The predicted molar refractivity (Wildman–Crippen MR) is 81.5 cm³/mol. The van der Waals surface area contributed by atoms with Crippen LogP contribution >= 0.6 is 27.5 Å². The average Bonchev–Trinajstić information content (AvgIpc) is 2.61. The van der Waals surface area contributed by atoms with Crippen LogP contribution in [-0.2, 0) is 6.54 Å². The van der Waals surface area contributed by atoms with E-state index in [1.165, 1.54) is 6.07 Å². The summed E-state index contributed by atoms with van der Waals surface area (Å²) in [6.45, 7) is 6.09. The van der Waals surface area contributed by atoms with Crippen LogP contribution in [0.15, 0.2) is 18.2 Å². The number of hydrogen-bond donors (Lipinski definition) is 0. The van der Waals surface area contributed by atoms with Gasteiger partial charge in [0.25, 0.3) is 0 Å². The monoisotopic (exact) mass is 348 g/mol. The normalized spacial score (nSPS) is 18.5. The molecular weight excluding hydrogens is 331 g/mol. The van der Waals surface area contributed by atoms with Gasteiger partial charge in [-0.05, 0) is 31.1 Å². The van der Waals surface area contributed by atoms with E-state index in [-0.39, 0.29) is 10.8 Å². The van der Waals surface area contributed by atoms with Crippen molar-refractivity contribution in [1.82, 2.24) is 9.80 Å². The summed E-state index contributed by atoms with van der Waals surface area (Å²) in [5.41, 5.74) is 0.885. The van der Waals surface area contributed by atoms with Crippen LogP contribution in [0.4, 0.5) is 4.39 Å². The molecule has 0 radical (unpaired) electrons. The molecule has 5 heteroatoms. The van der Waals surface area contributed by atoms with E-state index >= 15 is 0 Å². The zero-order chi connectivity index (χ0) is 13.7. The highest BCUT2D eigenvalue weighted by molar-refractivity contribution is 9.09. The van der Waals surface area contributed by atoms with E-state index in [2.05, 4.69) is 25.7 Å². The molecule has 106 valence electrons. The summed E-state index contributed by atoms with van der Waals surface area (Å²) in [4.78, 5) is 4.82. The van der Waals surface area contributed by atoms with Crippen LogP contribution in [-0.4, -0.2) is 47.9 Å². The molecule has 1 aromatic rings. The molecule has 0 amide bonds. The first-order valence-corrected chi connectivity index (χ1v) is 8.14. The number of nitrogens with zero attached hydrogens (tertiary/aromatic N) is 2. The number of benzene rings is 1.